The maximum absolute atomic E-state index is 13.2. The third-order valence-corrected chi connectivity index (χ3v) is 7.06. The molecule has 0 unspecified atom stereocenters. The van der Waals surface area contributed by atoms with Gasteiger partial charge < -0.3 is 15.2 Å². The van der Waals surface area contributed by atoms with Crippen molar-refractivity contribution in [3.63, 3.8) is 0 Å². The molecule has 0 spiro atoms. The zero-order valence-corrected chi connectivity index (χ0v) is 22.4. The molecule has 4 rings (SSSR count). The minimum Gasteiger partial charge on any atom is -0.505 e. The molecule has 0 aromatic heterocycles. The van der Waals surface area contributed by atoms with Crippen molar-refractivity contribution < 1.29 is 27.6 Å². The zero-order chi connectivity index (χ0) is 27.6. The lowest BCUT2D eigenvalue weighted by atomic mass is 10.0. The molecule has 0 atom stereocenters. The van der Waals surface area contributed by atoms with Gasteiger partial charge in [0.1, 0.15) is 16.3 Å². The number of nitrogens with one attached hydrogen (secondary N) is 1. The molecule has 0 saturated heterocycles. The smallest absolute Gasteiger partial charge is 0.294 e. The highest BCUT2D eigenvalue weighted by Gasteiger charge is 2.22. The van der Waals surface area contributed by atoms with Crippen LogP contribution in [0.2, 0.25) is 10.0 Å². The van der Waals surface area contributed by atoms with Crippen LogP contribution >= 0.6 is 23.2 Å². The standard InChI is InChI=1S/C26H21Cl2N3O6S/c1-3-17-20(12-16(28)13-23(17)38(34,35)36)30-31-24-18-7-5-4-6-14(18)10-19(25(24)32)26(33)29-21-11-15(27)8-9-22(21)37-2/h4-13,32H,3H2,1-2H3,(H,29,33)(H,34,35,36). The number of fused-ring (bicyclic) bond motifs is 1. The number of halogens is 2. The normalized spacial score (nSPS) is 11.7. The molecule has 0 radical (unpaired) electrons. The topological polar surface area (TPSA) is 138 Å². The Bertz CT molecular complexity index is 1710. The maximum atomic E-state index is 13.2. The predicted octanol–water partition coefficient (Wildman–Crippen LogP) is 7.34. The Kier molecular flexibility index (Phi) is 7.89. The van der Waals surface area contributed by atoms with Crippen LogP contribution in [0.3, 0.4) is 0 Å². The fourth-order valence-corrected chi connectivity index (χ4v) is 5.22. The number of rotatable bonds is 7. The van der Waals surface area contributed by atoms with Gasteiger partial charge in [-0.2, -0.15) is 13.5 Å². The Morgan fingerprint density at radius 3 is 2.45 bits per heavy atom. The SMILES string of the molecule is CCc1c(N=Nc2c(O)c(C(=O)Nc3cc(Cl)ccc3OC)cc3ccccc23)cc(Cl)cc1S(=O)(=O)O. The fourth-order valence-electron chi connectivity index (χ4n) is 3.94. The summed E-state index contributed by atoms with van der Waals surface area (Å²) in [6, 6.07) is 15.6. The Hall–Kier alpha value is -3.70. The van der Waals surface area contributed by atoms with Gasteiger partial charge in [0.05, 0.1) is 24.0 Å². The number of phenolic OH excluding ortho intramolecular Hbond substituents is 1. The number of nitrogens with zero attached hydrogens (tertiary/aromatic N) is 2. The molecule has 0 saturated carbocycles. The molecule has 9 nitrogen and oxygen atoms in total. The number of aromatic hydroxyl groups is 1. The van der Waals surface area contributed by atoms with Crippen LogP contribution in [0.5, 0.6) is 11.5 Å². The van der Waals surface area contributed by atoms with Crippen molar-refractivity contribution in [2.45, 2.75) is 18.2 Å². The van der Waals surface area contributed by atoms with Gasteiger partial charge in [-0.3, -0.25) is 9.35 Å². The molecular formula is C26H21Cl2N3O6S. The van der Waals surface area contributed by atoms with Crippen molar-refractivity contribution in [2.75, 3.05) is 12.4 Å². The van der Waals surface area contributed by atoms with Gasteiger partial charge in [0.2, 0.25) is 0 Å². The van der Waals surface area contributed by atoms with Crippen LogP contribution in [0.4, 0.5) is 17.1 Å². The summed E-state index contributed by atoms with van der Waals surface area (Å²) in [5.41, 5.74) is 0.438. The maximum Gasteiger partial charge on any atom is 0.294 e. The van der Waals surface area contributed by atoms with E-state index in [0.717, 1.165) is 6.07 Å². The predicted molar refractivity (Wildman–Crippen MR) is 146 cm³/mol. The summed E-state index contributed by atoms with van der Waals surface area (Å²) in [6.07, 6.45) is 0.192. The number of benzene rings is 4. The minimum atomic E-state index is -4.58. The quantitative estimate of drug-likeness (QED) is 0.156. The number of hydrogen-bond donors (Lipinski definition) is 3. The summed E-state index contributed by atoms with van der Waals surface area (Å²) >= 11 is 12.1. The summed E-state index contributed by atoms with van der Waals surface area (Å²) in [6.45, 7) is 1.68. The molecule has 12 heteroatoms. The van der Waals surface area contributed by atoms with E-state index in [0.29, 0.717) is 27.2 Å². The number of ether oxygens (including phenoxy) is 1. The largest absolute Gasteiger partial charge is 0.505 e. The van der Waals surface area contributed by atoms with E-state index < -0.39 is 21.8 Å². The molecule has 196 valence electrons. The van der Waals surface area contributed by atoms with E-state index in [1.54, 1.807) is 43.3 Å². The van der Waals surface area contributed by atoms with Gasteiger partial charge in [-0.15, -0.1) is 5.11 Å². The summed E-state index contributed by atoms with van der Waals surface area (Å²) in [5, 5.41) is 23.6. The number of hydrogen-bond acceptors (Lipinski definition) is 7. The van der Waals surface area contributed by atoms with E-state index in [1.807, 2.05) is 0 Å². The van der Waals surface area contributed by atoms with E-state index in [-0.39, 0.29) is 38.8 Å². The molecule has 0 heterocycles. The van der Waals surface area contributed by atoms with Gasteiger partial charge in [-0.1, -0.05) is 54.4 Å². The Morgan fingerprint density at radius 1 is 1.03 bits per heavy atom. The van der Waals surface area contributed by atoms with Crippen molar-refractivity contribution in [3.05, 3.63) is 81.8 Å². The summed E-state index contributed by atoms with van der Waals surface area (Å²) in [5.74, 6) is -0.748. The highest BCUT2D eigenvalue weighted by molar-refractivity contribution is 7.85. The number of amides is 1. The average molecular weight is 574 g/mol. The van der Waals surface area contributed by atoms with Gasteiger partial charge in [-0.25, -0.2) is 0 Å². The van der Waals surface area contributed by atoms with Gasteiger partial charge in [0, 0.05) is 21.0 Å². The second-order valence-electron chi connectivity index (χ2n) is 8.07. The van der Waals surface area contributed by atoms with Crippen molar-refractivity contribution in [3.8, 4) is 11.5 Å². The second kappa shape index (κ2) is 11.0. The van der Waals surface area contributed by atoms with Crippen molar-refractivity contribution >= 4 is 67.1 Å². The van der Waals surface area contributed by atoms with Gasteiger partial charge in [0.15, 0.2) is 5.75 Å². The number of anilines is 1. The third kappa shape index (κ3) is 5.58. The van der Waals surface area contributed by atoms with E-state index >= 15 is 0 Å². The number of carbonyl (C=O) groups excluding carboxylic acids is 1. The van der Waals surface area contributed by atoms with Crippen molar-refractivity contribution in [1.29, 1.82) is 0 Å². The highest BCUT2D eigenvalue weighted by atomic mass is 35.5. The molecular weight excluding hydrogens is 553 g/mol. The van der Waals surface area contributed by atoms with Crippen molar-refractivity contribution in [2.24, 2.45) is 10.2 Å². The van der Waals surface area contributed by atoms with Crippen LogP contribution in [0, 0.1) is 0 Å². The molecule has 38 heavy (non-hydrogen) atoms. The van der Waals surface area contributed by atoms with Crippen LogP contribution in [-0.2, 0) is 16.5 Å². The number of carbonyl (C=O) groups is 1. The number of phenols is 1. The van der Waals surface area contributed by atoms with Crippen LogP contribution in [-0.4, -0.2) is 31.1 Å². The van der Waals surface area contributed by atoms with Crippen LogP contribution in [0.15, 0.2) is 75.8 Å². The minimum absolute atomic E-state index is 0.0152. The molecule has 4 aromatic carbocycles. The first-order valence-electron chi connectivity index (χ1n) is 11.1. The fraction of sp³-hybridized carbons (Fsp3) is 0.115. The molecule has 0 bridgehead atoms. The Morgan fingerprint density at radius 2 is 1.76 bits per heavy atom. The molecule has 0 aliphatic carbocycles. The third-order valence-electron chi connectivity index (χ3n) is 5.69. The van der Waals surface area contributed by atoms with Gasteiger partial charge >= 0.3 is 0 Å². The van der Waals surface area contributed by atoms with Crippen LogP contribution in [0.1, 0.15) is 22.8 Å². The lowest BCUT2D eigenvalue weighted by molar-refractivity contribution is 0.102. The Labute approximate surface area is 228 Å². The molecule has 4 aromatic rings. The lowest BCUT2D eigenvalue weighted by Gasteiger charge is -2.13. The molecule has 0 fully saturated rings. The summed E-state index contributed by atoms with van der Waals surface area (Å²) in [7, 11) is -3.14. The number of azo groups is 1. The second-order valence-corrected chi connectivity index (χ2v) is 10.3. The zero-order valence-electron chi connectivity index (χ0n) is 20.1. The van der Waals surface area contributed by atoms with E-state index in [2.05, 4.69) is 15.5 Å². The first-order chi connectivity index (χ1) is 18.0. The van der Waals surface area contributed by atoms with Crippen molar-refractivity contribution in [1.82, 2.24) is 0 Å². The summed E-state index contributed by atoms with van der Waals surface area (Å²) in [4.78, 5) is 12.8. The lowest BCUT2D eigenvalue weighted by Crippen LogP contribution is -2.13. The van der Waals surface area contributed by atoms with E-state index in [1.165, 1.54) is 25.3 Å². The molecule has 0 aliphatic rings. The van der Waals surface area contributed by atoms with E-state index in [4.69, 9.17) is 27.9 Å². The monoisotopic (exact) mass is 573 g/mol. The van der Waals surface area contributed by atoms with Gasteiger partial charge in [0.25, 0.3) is 16.0 Å². The van der Waals surface area contributed by atoms with Gasteiger partial charge in [-0.05, 0) is 48.2 Å². The number of methoxy groups -OCH3 is 1. The molecule has 0 aliphatic heterocycles. The molecule has 1 amide bonds. The van der Waals surface area contributed by atoms with Crippen LogP contribution < -0.4 is 10.1 Å². The molecule has 3 N–H and O–H groups in total. The summed E-state index contributed by atoms with van der Waals surface area (Å²) < 4.78 is 38.7. The first kappa shape index (κ1) is 27.3. The Balaban J connectivity index is 1.85. The average Bonchev–Trinajstić information content (AvgIpc) is 2.87. The first-order valence-corrected chi connectivity index (χ1v) is 13.3. The van der Waals surface area contributed by atoms with E-state index in [9.17, 15) is 22.9 Å². The van der Waals surface area contributed by atoms with Crippen LogP contribution in [0.25, 0.3) is 10.8 Å². The highest BCUT2D eigenvalue weighted by Crippen LogP contribution is 2.41.